The van der Waals surface area contributed by atoms with Crippen molar-refractivity contribution in [2.24, 2.45) is 0 Å². The molecule has 0 aliphatic carbocycles. The van der Waals surface area contributed by atoms with Crippen LogP contribution in [0.15, 0.2) is 83.8 Å². The van der Waals surface area contributed by atoms with Gasteiger partial charge in [0.25, 0.3) is 0 Å². The average Bonchev–Trinajstić information content (AvgIpc) is 2.69. The molecule has 29 heavy (non-hydrogen) atoms. The minimum atomic E-state index is -4.80. The van der Waals surface area contributed by atoms with Gasteiger partial charge < -0.3 is 8.92 Å². The van der Waals surface area contributed by atoms with E-state index in [4.69, 9.17) is 8.92 Å². The lowest BCUT2D eigenvalue weighted by Crippen LogP contribution is -2.17. The Morgan fingerprint density at radius 1 is 0.793 bits per heavy atom. The Morgan fingerprint density at radius 3 is 1.79 bits per heavy atom. The molecule has 0 unspecified atom stereocenters. The lowest BCUT2D eigenvalue weighted by molar-refractivity contribution is -0.139. The number of alkyl halides is 3. The molecule has 0 fully saturated rings. The molecule has 4 nitrogen and oxygen atoms in total. The van der Waals surface area contributed by atoms with E-state index in [0.717, 1.165) is 12.1 Å². The van der Waals surface area contributed by atoms with Crippen molar-refractivity contribution in [1.82, 2.24) is 0 Å². The van der Waals surface area contributed by atoms with Crippen LogP contribution in [0.5, 0.6) is 11.5 Å². The summed E-state index contributed by atoms with van der Waals surface area (Å²) in [5, 5.41) is 0. The molecule has 0 spiro atoms. The molecule has 0 bridgehead atoms. The van der Waals surface area contributed by atoms with Crippen LogP contribution in [0.3, 0.4) is 0 Å². The lowest BCUT2D eigenvalue weighted by atomic mass is 10.2. The van der Waals surface area contributed by atoms with E-state index in [1.54, 1.807) is 0 Å². The summed E-state index contributed by atoms with van der Waals surface area (Å²) in [4.78, 5) is -0.932. The topological polar surface area (TPSA) is 52.6 Å². The second-order valence-corrected chi connectivity index (χ2v) is 8.26. The fourth-order valence-corrected chi connectivity index (χ4v) is 3.70. The summed E-state index contributed by atoms with van der Waals surface area (Å²) in [5.41, 5.74) is -1.27. The third-order valence-corrected chi connectivity index (χ3v) is 5.49. The summed E-state index contributed by atoms with van der Waals surface area (Å²) in [7, 11) is -3.18. The average molecular weight is 536 g/mol. The van der Waals surface area contributed by atoms with Gasteiger partial charge in [-0.05, 0) is 71.1 Å². The van der Waals surface area contributed by atoms with Gasteiger partial charge in [-0.1, -0.05) is 30.3 Å². The number of ether oxygens (including phenoxy) is 1. The highest BCUT2D eigenvalue weighted by Crippen LogP contribution is 2.35. The number of halogens is 4. The lowest BCUT2D eigenvalue weighted by Gasteiger charge is -2.13. The van der Waals surface area contributed by atoms with Crippen LogP contribution in [0.25, 0.3) is 0 Å². The van der Waals surface area contributed by atoms with Crippen LogP contribution in [0.2, 0.25) is 0 Å². The standard InChI is InChI=1S/C14H11F3O4S.C6H5I/c1-20-10-6-8-11(9-7-10)21-22(18,19)13-5-3-2-4-12(13)14(15,16)17;7-6-4-2-1-3-5-6/h2-9H,1H3;1-5H. The predicted octanol–water partition coefficient (Wildman–Crippen LogP) is 5.77. The van der Waals surface area contributed by atoms with Gasteiger partial charge >= 0.3 is 16.3 Å². The van der Waals surface area contributed by atoms with E-state index < -0.39 is 26.8 Å². The van der Waals surface area contributed by atoms with E-state index in [2.05, 4.69) is 34.7 Å². The zero-order valence-electron chi connectivity index (χ0n) is 15.1. The summed E-state index contributed by atoms with van der Waals surface area (Å²) in [6, 6.07) is 19.5. The Hall–Kier alpha value is -2.27. The third kappa shape index (κ3) is 6.93. The van der Waals surface area contributed by atoms with Crippen LogP contribution in [0.1, 0.15) is 5.56 Å². The van der Waals surface area contributed by atoms with Gasteiger partial charge in [0.05, 0.1) is 12.7 Å². The zero-order chi connectivity index (χ0) is 21.5. The van der Waals surface area contributed by atoms with Gasteiger partial charge in [-0.3, -0.25) is 0 Å². The molecule has 0 radical (unpaired) electrons. The van der Waals surface area contributed by atoms with Crippen LogP contribution in [-0.2, 0) is 16.3 Å². The van der Waals surface area contributed by atoms with Gasteiger partial charge in [-0.25, -0.2) is 0 Å². The first-order valence-corrected chi connectivity index (χ1v) is 10.6. The smallest absolute Gasteiger partial charge is 0.417 e. The molecule has 0 heterocycles. The second-order valence-electron chi connectivity index (χ2n) is 5.50. The van der Waals surface area contributed by atoms with Crippen LogP contribution >= 0.6 is 22.6 Å². The normalized spacial score (nSPS) is 11.2. The minimum absolute atomic E-state index is 0.113. The maximum absolute atomic E-state index is 12.9. The van der Waals surface area contributed by atoms with Crippen LogP contribution in [0, 0.1) is 3.57 Å². The van der Waals surface area contributed by atoms with Crippen molar-refractivity contribution < 1.29 is 30.5 Å². The van der Waals surface area contributed by atoms with Crippen LogP contribution < -0.4 is 8.92 Å². The van der Waals surface area contributed by atoms with Crippen molar-refractivity contribution in [1.29, 1.82) is 0 Å². The van der Waals surface area contributed by atoms with Gasteiger partial charge in [-0.15, -0.1) is 0 Å². The monoisotopic (exact) mass is 536 g/mol. The largest absolute Gasteiger partial charge is 0.497 e. The molecule has 0 N–H and O–H groups in total. The minimum Gasteiger partial charge on any atom is -0.497 e. The Bertz CT molecular complexity index is 1020. The summed E-state index contributed by atoms with van der Waals surface area (Å²) < 4.78 is 73.7. The Labute approximate surface area is 180 Å². The first kappa shape index (κ1) is 23.0. The van der Waals surface area contributed by atoms with Gasteiger partial charge in [0, 0.05) is 3.57 Å². The van der Waals surface area contributed by atoms with E-state index in [9.17, 15) is 21.6 Å². The Morgan fingerprint density at radius 2 is 1.31 bits per heavy atom. The zero-order valence-corrected chi connectivity index (χ0v) is 18.0. The molecule has 3 rings (SSSR count). The molecule has 0 aliphatic heterocycles. The third-order valence-electron chi connectivity index (χ3n) is 3.46. The van der Waals surface area contributed by atoms with Crippen LogP contribution in [0.4, 0.5) is 13.2 Å². The molecule has 3 aromatic carbocycles. The quantitative estimate of drug-likeness (QED) is 0.314. The first-order valence-electron chi connectivity index (χ1n) is 8.09. The molecule has 0 atom stereocenters. The molecule has 0 aromatic heterocycles. The molecule has 0 aliphatic rings. The van der Waals surface area contributed by atoms with Crippen molar-refractivity contribution in [2.45, 2.75) is 11.1 Å². The summed E-state index contributed by atoms with van der Waals surface area (Å²) in [5.74, 6) is 0.346. The number of benzene rings is 3. The number of methoxy groups -OCH3 is 1. The number of hydrogen-bond donors (Lipinski definition) is 0. The van der Waals surface area contributed by atoms with E-state index in [1.807, 2.05) is 18.2 Å². The summed E-state index contributed by atoms with van der Waals surface area (Å²) in [6.45, 7) is 0. The molecule has 0 saturated heterocycles. The highest BCUT2D eigenvalue weighted by molar-refractivity contribution is 14.1. The highest BCUT2D eigenvalue weighted by atomic mass is 127. The van der Waals surface area contributed by atoms with E-state index in [0.29, 0.717) is 11.8 Å². The van der Waals surface area contributed by atoms with Crippen LogP contribution in [-0.4, -0.2) is 15.5 Å². The molecule has 0 saturated carbocycles. The summed E-state index contributed by atoms with van der Waals surface area (Å²) >= 11 is 2.28. The molecular weight excluding hydrogens is 520 g/mol. The molecule has 3 aromatic rings. The highest BCUT2D eigenvalue weighted by Gasteiger charge is 2.37. The molecule has 154 valence electrons. The molecule has 0 amide bonds. The maximum atomic E-state index is 12.9. The Balaban J connectivity index is 0.000000360. The maximum Gasteiger partial charge on any atom is 0.417 e. The number of rotatable bonds is 4. The van der Waals surface area contributed by atoms with Gasteiger partial charge in [0.2, 0.25) is 0 Å². The molecule has 9 heteroatoms. The van der Waals surface area contributed by atoms with E-state index >= 15 is 0 Å². The van der Waals surface area contributed by atoms with E-state index in [-0.39, 0.29) is 5.75 Å². The second kappa shape index (κ2) is 9.97. The number of hydrogen-bond acceptors (Lipinski definition) is 4. The predicted molar refractivity (Wildman–Crippen MR) is 111 cm³/mol. The van der Waals surface area contributed by atoms with Gasteiger partial charge in [0.1, 0.15) is 16.4 Å². The summed E-state index contributed by atoms with van der Waals surface area (Å²) in [6.07, 6.45) is -4.80. The molecular formula is C20H16F3IO4S. The van der Waals surface area contributed by atoms with Crippen molar-refractivity contribution >= 4 is 32.7 Å². The first-order chi connectivity index (χ1) is 13.6. The van der Waals surface area contributed by atoms with Crippen molar-refractivity contribution in [2.75, 3.05) is 7.11 Å². The van der Waals surface area contributed by atoms with Crippen molar-refractivity contribution in [3.05, 3.63) is 88.0 Å². The SMILES string of the molecule is COc1ccc(OS(=O)(=O)c2ccccc2C(F)(F)F)cc1.Ic1ccccc1. The fourth-order valence-electron chi connectivity index (χ4n) is 2.14. The Kier molecular flexibility index (Phi) is 7.91. The van der Waals surface area contributed by atoms with Gasteiger partial charge in [-0.2, -0.15) is 21.6 Å². The van der Waals surface area contributed by atoms with Gasteiger partial charge in [0.15, 0.2) is 0 Å². The van der Waals surface area contributed by atoms with Crippen molar-refractivity contribution in [3.63, 3.8) is 0 Å². The van der Waals surface area contributed by atoms with E-state index in [1.165, 1.54) is 41.0 Å². The van der Waals surface area contributed by atoms with Crippen molar-refractivity contribution in [3.8, 4) is 11.5 Å². The fraction of sp³-hybridized carbons (Fsp3) is 0.100.